The van der Waals surface area contributed by atoms with Gasteiger partial charge in [-0.2, -0.15) is 0 Å². The van der Waals surface area contributed by atoms with Crippen LogP contribution in [0.25, 0.3) is 16.6 Å². The van der Waals surface area contributed by atoms with Gasteiger partial charge in [0.25, 0.3) is 0 Å². The van der Waals surface area contributed by atoms with Crippen molar-refractivity contribution in [3.63, 3.8) is 0 Å². The Morgan fingerprint density at radius 2 is 1.48 bits per heavy atom. The summed E-state index contributed by atoms with van der Waals surface area (Å²) in [6.07, 6.45) is 5.28. The molecule has 21 heavy (non-hydrogen) atoms. The molecule has 0 saturated carbocycles. The summed E-state index contributed by atoms with van der Waals surface area (Å²) >= 11 is 0. The number of nitrogens with zero attached hydrogens (tertiary/aromatic N) is 4. The number of rotatable bonds is 1. The molecular formula is C17H14N4. The van der Waals surface area contributed by atoms with Crippen LogP contribution in [0.3, 0.4) is 0 Å². The maximum atomic E-state index is 4.18. The van der Waals surface area contributed by atoms with Crippen LogP contribution < -0.4 is 0 Å². The molecule has 0 fully saturated rings. The van der Waals surface area contributed by atoms with Crippen molar-refractivity contribution >= 4 is 10.9 Å². The van der Waals surface area contributed by atoms with E-state index in [1.807, 2.05) is 67.0 Å². The maximum Gasteiger partial charge on any atom is 0.0701 e. The van der Waals surface area contributed by atoms with Gasteiger partial charge in [-0.25, -0.2) is 4.68 Å². The number of hydrogen-bond acceptors (Lipinski definition) is 3. The number of para-hydroxylation sites is 2. The predicted molar refractivity (Wildman–Crippen MR) is 83.1 cm³/mol. The molecule has 2 heterocycles. The number of aromatic nitrogens is 4. The Labute approximate surface area is 122 Å². The lowest BCUT2D eigenvalue weighted by atomic mass is 10.2. The van der Waals surface area contributed by atoms with Crippen molar-refractivity contribution < 1.29 is 0 Å². The maximum absolute atomic E-state index is 4.18. The van der Waals surface area contributed by atoms with Crippen LogP contribution in [0.1, 0.15) is 0 Å². The van der Waals surface area contributed by atoms with E-state index in [4.69, 9.17) is 0 Å². The van der Waals surface area contributed by atoms with Crippen LogP contribution in [0.2, 0.25) is 0 Å². The molecule has 4 heteroatoms. The minimum atomic E-state index is 1.03. The Hall–Kier alpha value is -3.01. The summed E-state index contributed by atoms with van der Waals surface area (Å²) in [7, 11) is 0. The monoisotopic (exact) mass is 274 g/mol. The fraction of sp³-hybridized carbons (Fsp3) is 0. The molecule has 102 valence electrons. The van der Waals surface area contributed by atoms with Gasteiger partial charge in [-0.3, -0.25) is 4.98 Å². The third-order valence-corrected chi connectivity index (χ3v) is 2.96. The van der Waals surface area contributed by atoms with E-state index in [2.05, 4.69) is 27.4 Å². The Bertz CT molecular complexity index is 730. The molecule has 0 amide bonds. The van der Waals surface area contributed by atoms with E-state index < -0.39 is 0 Å². The van der Waals surface area contributed by atoms with E-state index in [-0.39, 0.29) is 0 Å². The van der Waals surface area contributed by atoms with Gasteiger partial charge in [0.15, 0.2) is 0 Å². The number of fused-ring (bicyclic) bond motifs is 1. The fourth-order valence-electron chi connectivity index (χ4n) is 1.94. The summed E-state index contributed by atoms with van der Waals surface area (Å²) in [6.45, 7) is 0. The highest BCUT2D eigenvalue weighted by Crippen LogP contribution is 2.07. The highest BCUT2D eigenvalue weighted by Gasteiger charge is 1.91. The van der Waals surface area contributed by atoms with E-state index in [9.17, 15) is 0 Å². The molecular weight excluding hydrogens is 260 g/mol. The lowest BCUT2D eigenvalue weighted by Crippen LogP contribution is -1.93. The van der Waals surface area contributed by atoms with Crippen LogP contribution in [0.4, 0.5) is 0 Å². The largest absolute Gasteiger partial charge is 0.256 e. The van der Waals surface area contributed by atoms with Gasteiger partial charge < -0.3 is 0 Å². The standard InChI is InChI=1S/C9H7N.C8H7N3/c1-2-6-9-8(4-1)5-3-7-10-9;1-2-4-8(5-3-1)11-7-6-9-10-11/h1-7H;1-7H. The third kappa shape index (κ3) is 3.30. The zero-order valence-corrected chi connectivity index (χ0v) is 11.4. The van der Waals surface area contributed by atoms with Gasteiger partial charge in [-0.15, -0.1) is 5.10 Å². The minimum Gasteiger partial charge on any atom is -0.256 e. The minimum absolute atomic E-state index is 1.03. The number of pyridine rings is 1. The van der Waals surface area contributed by atoms with Crippen molar-refractivity contribution in [3.8, 4) is 5.69 Å². The van der Waals surface area contributed by atoms with Gasteiger partial charge in [0, 0.05) is 11.6 Å². The first-order valence-corrected chi connectivity index (χ1v) is 6.65. The van der Waals surface area contributed by atoms with E-state index in [0.717, 1.165) is 11.2 Å². The van der Waals surface area contributed by atoms with Gasteiger partial charge in [0.2, 0.25) is 0 Å². The second-order valence-corrected chi connectivity index (χ2v) is 4.38. The average Bonchev–Trinajstić information content (AvgIpc) is 3.11. The molecule has 0 N–H and O–H groups in total. The van der Waals surface area contributed by atoms with Crippen LogP contribution in [0.15, 0.2) is 85.3 Å². The summed E-state index contributed by atoms with van der Waals surface area (Å²) < 4.78 is 1.72. The lowest BCUT2D eigenvalue weighted by Gasteiger charge is -1.96. The van der Waals surface area contributed by atoms with E-state index >= 15 is 0 Å². The first-order valence-electron chi connectivity index (χ1n) is 6.65. The van der Waals surface area contributed by atoms with Gasteiger partial charge in [0.1, 0.15) is 0 Å². The molecule has 0 spiro atoms. The zero-order valence-electron chi connectivity index (χ0n) is 11.4. The third-order valence-electron chi connectivity index (χ3n) is 2.96. The molecule has 0 aliphatic heterocycles. The van der Waals surface area contributed by atoms with Crippen LogP contribution >= 0.6 is 0 Å². The highest BCUT2D eigenvalue weighted by molar-refractivity contribution is 5.77. The van der Waals surface area contributed by atoms with Crippen molar-refractivity contribution in [2.45, 2.75) is 0 Å². The molecule has 4 aromatic rings. The fourth-order valence-corrected chi connectivity index (χ4v) is 1.94. The van der Waals surface area contributed by atoms with Crippen LogP contribution in [0.5, 0.6) is 0 Å². The molecule has 2 aromatic carbocycles. The first-order chi connectivity index (χ1) is 10.4. The molecule has 4 rings (SSSR count). The molecule has 0 saturated heterocycles. The molecule has 0 aliphatic carbocycles. The van der Waals surface area contributed by atoms with Crippen LogP contribution in [-0.2, 0) is 0 Å². The highest BCUT2D eigenvalue weighted by atomic mass is 15.4. The second kappa shape index (κ2) is 6.43. The Balaban J connectivity index is 0.000000126. The molecule has 0 atom stereocenters. The summed E-state index contributed by atoms with van der Waals surface area (Å²) in [5, 5.41) is 8.76. The molecule has 0 bridgehead atoms. The predicted octanol–water partition coefficient (Wildman–Crippen LogP) is 3.50. The topological polar surface area (TPSA) is 43.6 Å². The normalized spacial score (nSPS) is 9.90. The summed E-state index contributed by atoms with van der Waals surface area (Å²) in [5.74, 6) is 0. The molecule has 0 aliphatic rings. The van der Waals surface area contributed by atoms with Crippen molar-refractivity contribution in [3.05, 3.63) is 85.3 Å². The average molecular weight is 274 g/mol. The van der Waals surface area contributed by atoms with Gasteiger partial charge >= 0.3 is 0 Å². The Kier molecular flexibility index (Phi) is 3.98. The van der Waals surface area contributed by atoms with E-state index in [0.29, 0.717) is 0 Å². The first kappa shape index (κ1) is 13.0. The Morgan fingerprint density at radius 1 is 0.714 bits per heavy atom. The molecule has 0 radical (unpaired) electrons. The van der Waals surface area contributed by atoms with Gasteiger partial charge in [0.05, 0.1) is 23.6 Å². The van der Waals surface area contributed by atoms with Gasteiger partial charge in [-0.1, -0.05) is 47.7 Å². The second-order valence-electron chi connectivity index (χ2n) is 4.38. The van der Waals surface area contributed by atoms with E-state index in [1.165, 1.54) is 5.39 Å². The van der Waals surface area contributed by atoms with E-state index in [1.54, 1.807) is 10.9 Å². The smallest absolute Gasteiger partial charge is 0.0701 e. The number of hydrogen-bond donors (Lipinski definition) is 0. The van der Waals surface area contributed by atoms with Gasteiger partial charge in [-0.05, 0) is 24.3 Å². The molecule has 0 unspecified atom stereocenters. The number of benzene rings is 2. The van der Waals surface area contributed by atoms with Crippen LogP contribution in [-0.4, -0.2) is 20.0 Å². The summed E-state index contributed by atoms with van der Waals surface area (Å²) in [4.78, 5) is 4.18. The summed E-state index contributed by atoms with van der Waals surface area (Å²) in [6, 6.07) is 22.0. The molecule has 2 aromatic heterocycles. The lowest BCUT2D eigenvalue weighted by molar-refractivity contribution is 0.803. The SMILES string of the molecule is c1ccc(-n2ccnn2)cc1.c1ccc2ncccc2c1. The zero-order chi connectivity index (χ0) is 14.3. The van der Waals surface area contributed by atoms with Crippen molar-refractivity contribution in [1.29, 1.82) is 0 Å². The molecule has 4 nitrogen and oxygen atoms in total. The quantitative estimate of drug-likeness (QED) is 0.533. The summed E-state index contributed by atoms with van der Waals surface area (Å²) in [5.41, 5.74) is 2.09. The van der Waals surface area contributed by atoms with Crippen molar-refractivity contribution in [2.24, 2.45) is 0 Å². The van der Waals surface area contributed by atoms with Crippen LogP contribution in [0, 0.1) is 0 Å². The Morgan fingerprint density at radius 3 is 2.24 bits per heavy atom. The van der Waals surface area contributed by atoms with Crippen molar-refractivity contribution in [2.75, 3.05) is 0 Å². The van der Waals surface area contributed by atoms with Crippen molar-refractivity contribution in [1.82, 2.24) is 20.0 Å².